The molecule has 1 aromatic heterocycles. The molecular formula is C18H21N3. The van der Waals surface area contributed by atoms with Gasteiger partial charge < -0.3 is 15.2 Å². The fourth-order valence-electron chi connectivity index (χ4n) is 2.50. The van der Waals surface area contributed by atoms with Gasteiger partial charge in [-0.25, -0.2) is 0 Å². The summed E-state index contributed by atoms with van der Waals surface area (Å²) in [5, 5.41) is 4.73. The molecule has 0 aliphatic carbocycles. The maximum atomic E-state index is 3.47. The number of hydrogen-bond acceptors (Lipinski definition) is 2. The summed E-state index contributed by atoms with van der Waals surface area (Å²) in [5.41, 5.74) is 4.96. The van der Waals surface area contributed by atoms with Gasteiger partial charge in [-0.2, -0.15) is 0 Å². The molecular weight excluding hydrogens is 258 g/mol. The van der Waals surface area contributed by atoms with Crippen LogP contribution in [-0.2, 0) is 13.1 Å². The number of benzene rings is 2. The fourth-order valence-corrected chi connectivity index (χ4v) is 2.50. The Kier molecular flexibility index (Phi) is 3.93. The number of aromatic nitrogens is 1. The molecule has 0 spiro atoms. The van der Waals surface area contributed by atoms with Gasteiger partial charge in [0.05, 0.1) is 0 Å². The Morgan fingerprint density at radius 2 is 1.71 bits per heavy atom. The van der Waals surface area contributed by atoms with Gasteiger partial charge in [0.2, 0.25) is 0 Å². The molecule has 3 rings (SSSR count). The van der Waals surface area contributed by atoms with E-state index in [1.807, 2.05) is 6.20 Å². The molecule has 3 aromatic rings. The maximum Gasteiger partial charge on any atom is 0.0457 e. The highest BCUT2D eigenvalue weighted by molar-refractivity contribution is 5.79. The summed E-state index contributed by atoms with van der Waals surface area (Å²) in [6.45, 7) is 1.81. The second-order valence-electron chi connectivity index (χ2n) is 5.69. The molecule has 2 aromatic carbocycles. The summed E-state index contributed by atoms with van der Waals surface area (Å²) in [6, 6.07) is 17.3. The van der Waals surface area contributed by atoms with Gasteiger partial charge in [0.1, 0.15) is 0 Å². The molecule has 1 heterocycles. The Morgan fingerprint density at radius 1 is 0.952 bits per heavy atom. The van der Waals surface area contributed by atoms with Gasteiger partial charge in [-0.05, 0) is 54.9 Å². The zero-order valence-corrected chi connectivity index (χ0v) is 12.6. The Bertz CT molecular complexity index is 711. The predicted molar refractivity (Wildman–Crippen MR) is 89.5 cm³/mol. The van der Waals surface area contributed by atoms with E-state index in [2.05, 4.69) is 77.8 Å². The summed E-state index contributed by atoms with van der Waals surface area (Å²) in [5.74, 6) is 0. The highest BCUT2D eigenvalue weighted by atomic mass is 15.0. The molecule has 108 valence electrons. The zero-order valence-electron chi connectivity index (χ0n) is 12.6. The van der Waals surface area contributed by atoms with E-state index in [4.69, 9.17) is 0 Å². The van der Waals surface area contributed by atoms with E-state index in [1.54, 1.807) is 0 Å². The molecule has 0 amide bonds. The van der Waals surface area contributed by atoms with Crippen molar-refractivity contribution < 1.29 is 0 Å². The van der Waals surface area contributed by atoms with Gasteiger partial charge in [0.15, 0.2) is 0 Å². The molecule has 0 radical (unpaired) electrons. The molecule has 0 fully saturated rings. The molecule has 0 saturated heterocycles. The number of fused-ring (bicyclic) bond motifs is 1. The second kappa shape index (κ2) is 6.02. The number of nitrogens with one attached hydrogen (secondary N) is 2. The molecule has 0 atom stereocenters. The van der Waals surface area contributed by atoms with Gasteiger partial charge in [0, 0.05) is 30.5 Å². The van der Waals surface area contributed by atoms with Crippen LogP contribution < -0.4 is 5.32 Å². The smallest absolute Gasteiger partial charge is 0.0457 e. The maximum absolute atomic E-state index is 3.47. The lowest BCUT2D eigenvalue weighted by molar-refractivity contribution is 0.402. The molecule has 21 heavy (non-hydrogen) atoms. The van der Waals surface area contributed by atoms with Crippen LogP contribution in [0.15, 0.2) is 54.7 Å². The second-order valence-corrected chi connectivity index (χ2v) is 5.69. The summed E-state index contributed by atoms with van der Waals surface area (Å²) >= 11 is 0. The van der Waals surface area contributed by atoms with Gasteiger partial charge in [-0.15, -0.1) is 0 Å². The predicted octanol–water partition coefficient (Wildman–Crippen LogP) is 3.84. The number of rotatable bonds is 5. The quantitative estimate of drug-likeness (QED) is 0.743. The first-order chi connectivity index (χ1) is 10.2. The Labute approximate surface area is 125 Å². The van der Waals surface area contributed by atoms with E-state index in [0.29, 0.717) is 0 Å². The van der Waals surface area contributed by atoms with E-state index < -0.39 is 0 Å². The lowest BCUT2D eigenvalue weighted by Gasteiger charge is -2.11. The lowest BCUT2D eigenvalue weighted by Crippen LogP contribution is -2.10. The van der Waals surface area contributed by atoms with Crippen LogP contribution in [0.3, 0.4) is 0 Å². The van der Waals surface area contributed by atoms with E-state index in [-0.39, 0.29) is 0 Å². The van der Waals surface area contributed by atoms with Crippen molar-refractivity contribution in [2.24, 2.45) is 0 Å². The normalized spacial score (nSPS) is 11.2. The van der Waals surface area contributed by atoms with Gasteiger partial charge in [-0.3, -0.25) is 0 Å². The molecule has 0 unspecified atom stereocenters. The first-order valence-electron chi connectivity index (χ1n) is 7.24. The molecule has 0 aliphatic heterocycles. The van der Waals surface area contributed by atoms with E-state index in [1.165, 1.54) is 22.0 Å². The van der Waals surface area contributed by atoms with Crippen LogP contribution in [0.2, 0.25) is 0 Å². The van der Waals surface area contributed by atoms with Crippen LogP contribution in [-0.4, -0.2) is 24.0 Å². The van der Waals surface area contributed by atoms with Crippen LogP contribution in [0.1, 0.15) is 11.1 Å². The minimum absolute atomic E-state index is 0.835. The third-order valence-corrected chi connectivity index (χ3v) is 3.57. The standard InChI is InChI=1S/C18H21N3/c1-21(2)13-14-4-7-17(8-5-14)20-12-15-3-6-16-9-10-19-18(16)11-15/h3-11,19-20H,12-13H2,1-2H3. The number of nitrogens with zero attached hydrogens (tertiary/aromatic N) is 1. The first kappa shape index (κ1) is 13.7. The molecule has 3 heteroatoms. The van der Waals surface area contributed by atoms with Crippen LogP contribution in [0, 0.1) is 0 Å². The average molecular weight is 279 g/mol. The van der Waals surface area contributed by atoms with Gasteiger partial charge in [0.25, 0.3) is 0 Å². The number of anilines is 1. The van der Waals surface area contributed by atoms with Crippen molar-refractivity contribution in [1.29, 1.82) is 0 Å². The molecule has 3 nitrogen and oxygen atoms in total. The highest BCUT2D eigenvalue weighted by Crippen LogP contribution is 2.16. The number of hydrogen-bond donors (Lipinski definition) is 2. The fraction of sp³-hybridized carbons (Fsp3) is 0.222. The molecule has 0 aliphatic rings. The van der Waals surface area contributed by atoms with Crippen LogP contribution >= 0.6 is 0 Å². The minimum Gasteiger partial charge on any atom is -0.381 e. The highest BCUT2D eigenvalue weighted by Gasteiger charge is 1.99. The number of aromatic amines is 1. The Balaban J connectivity index is 1.63. The van der Waals surface area contributed by atoms with Gasteiger partial charge >= 0.3 is 0 Å². The zero-order chi connectivity index (χ0) is 14.7. The lowest BCUT2D eigenvalue weighted by atomic mass is 10.1. The Hall–Kier alpha value is -2.26. The third-order valence-electron chi connectivity index (χ3n) is 3.57. The topological polar surface area (TPSA) is 31.1 Å². The van der Waals surface area contributed by atoms with Crippen LogP contribution in [0.4, 0.5) is 5.69 Å². The summed E-state index contributed by atoms with van der Waals surface area (Å²) in [4.78, 5) is 5.43. The largest absolute Gasteiger partial charge is 0.381 e. The average Bonchev–Trinajstić information content (AvgIpc) is 2.93. The Morgan fingerprint density at radius 3 is 2.48 bits per heavy atom. The van der Waals surface area contributed by atoms with Crippen molar-refractivity contribution in [3.05, 3.63) is 65.9 Å². The van der Waals surface area contributed by atoms with E-state index >= 15 is 0 Å². The molecule has 0 saturated carbocycles. The summed E-state index contributed by atoms with van der Waals surface area (Å²) in [7, 11) is 4.17. The van der Waals surface area contributed by atoms with Crippen molar-refractivity contribution in [3.63, 3.8) is 0 Å². The van der Waals surface area contributed by atoms with Gasteiger partial charge in [-0.1, -0.05) is 24.3 Å². The van der Waals surface area contributed by atoms with E-state index in [0.717, 1.165) is 18.8 Å². The SMILES string of the molecule is CN(C)Cc1ccc(NCc2ccc3cc[nH]c3c2)cc1. The van der Waals surface area contributed by atoms with Crippen molar-refractivity contribution in [3.8, 4) is 0 Å². The van der Waals surface area contributed by atoms with Crippen molar-refractivity contribution in [2.45, 2.75) is 13.1 Å². The van der Waals surface area contributed by atoms with E-state index in [9.17, 15) is 0 Å². The van der Waals surface area contributed by atoms with Crippen molar-refractivity contribution >= 4 is 16.6 Å². The summed E-state index contributed by atoms with van der Waals surface area (Å²) in [6.07, 6.45) is 1.98. The molecule has 2 N–H and O–H groups in total. The van der Waals surface area contributed by atoms with Crippen molar-refractivity contribution in [2.75, 3.05) is 19.4 Å². The van der Waals surface area contributed by atoms with Crippen molar-refractivity contribution in [1.82, 2.24) is 9.88 Å². The third kappa shape index (κ3) is 3.44. The van der Waals surface area contributed by atoms with Crippen LogP contribution in [0.25, 0.3) is 10.9 Å². The first-order valence-corrected chi connectivity index (χ1v) is 7.24. The molecule has 0 bridgehead atoms. The monoisotopic (exact) mass is 279 g/mol. The number of H-pyrrole nitrogens is 1. The minimum atomic E-state index is 0.835. The summed E-state index contributed by atoms with van der Waals surface area (Å²) < 4.78 is 0. The van der Waals surface area contributed by atoms with Crippen LogP contribution in [0.5, 0.6) is 0 Å².